The molecule has 6 heteroatoms. The molecule has 0 saturated carbocycles. The molecule has 4 nitrogen and oxygen atoms in total. The molecular weight excluding hydrogens is 302 g/mol. The van der Waals surface area contributed by atoms with Gasteiger partial charge in [0.25, 0.3) is 0 Å². The standard InChI is InChI=1S/C15H13N3OS2/c1-18-12-9-5-6-10-13(12)20-15(18)16-14(19)17-21-11-7-3-2-4-8-11/h2-10H,1H3,(H,17,19)/b16-15+. The van der Waals surface area contributed by atoms with E-state index in [0.29, 0.717) is 4.80 Å². The molecule has 0 bridgehead atoms. The number of para-hydroxylation sites is 1. The van der Waals surface area contributed by atoms with Gasteiger partial charge in [0.1, 0.15) is 0 Å². The van der Waals surface area contributed by atoms with Gasteiger partial charge in [0.05, 0.1) is 10.2 Å². The lowest BCUT2D eigenvalue weighted by atomic mass is 10.3. The maximum atomic E-state index is 11.9. The first-order valence-corrected chi connectivity index (χ1v) is 7.98. The summed E-state index contributed by atoms with van der Waals surface area (Å²) in [6.07, 6.45) is 0. The van der Waals surface area contributed by atoms with Crippen LogP contribution < -0.4 is 9.52 Å². The number of nitrogens with one attached hydrogen (secondary N) is 1. The molecule has 21 heavy (non-hydrogen) atoms. The molecule has 0 aliphatic carbocycles. The number of urea groups is 1. The molecule has 0 spiro atoms. The molecule has 0 fully saturated rings. The van der Waals surface area contributed by atoms with E-state index in [1.807, 2.05) is 66.2 Å². The van der Waals surface area contributed by atoms with Crippen LogP contribution in [0.5, 0.6) is 0 Å². The number of benzene rings is 2. The van der Waals surface area contributed by atoms with E-state index in [1.165, 1.54) is 23.3 Å². The summed E-state index contributed by atoms with van der Waals surface area (Å²) >= 11 is 2.76. The Morgan fingerprint density at radius 1 is 1.14 bits per heavy atom. The minimum atomic E-state index is -0.356. The van der Waals surface area contributed by atoms with Crippen LogP contribution in [0.15, 0.2) is 64.5 Å². The van der Waals surface area contributed by atoms with Crippen molar-refractivity contribution in [3.8, 4) is 0 Å². The van der Waals surface area contributed by atoms with Crippen LogP contribution in [-0.4, -0.2) is 10.6 Å². The van der Waals surface area contributed by atoms with Gasteiger partial charge in [-0.2, -0.15) is 4.99 Å². The van der Waals surface area contributed by atoms with Crippen LogP contribution in [0.4, 0.5) is 4.79 Å². The Hall–Kier alpha value is -2.05. The van der Waals surface area contributed by atoms with E-state index < -0.39 is 0 Å². The molecule has 0 aliphatic heterocycles. The number of amides is 2. The fourth-order valence-corrected chi connectivity index (χ4v) is 3.45. The molecule has 2 aromatic carbocycles. The van der Waals surface area contributed by atoms with E-state index in [2.05, 4.69) is 9.71 Å². The third-order valence-electron chi connectivity index (χ3n) is 2.91. The highest BCUT2D eigenvalue weighted by Gasteiger charge is 2.04. The molecule has 2 amide bonds. The van der Waals surface area contributed by atoms with Crippen LogP contribution >= 0.6 is 23.3 Å². The van der Waals surface area contributed by atoms with Crippen LogP contribution in [0.25, 0.3) is 10.2 Å². The van der Waals surface area contributed by atoms with Crippen LogP contribution in [0, 0.1) is 0 Å². The second kappa shape index (κ2) is 6.15. The molecule has 0 radical (unpaired) electrons. The number of aromatic nitrogens is 1. The molecule has 106 valence electrons. The molecule has 1 heterocycles. The number of aryl methyl sites for hydroxylation is 1. The van der Waals surface area contributed by atoms with Crippen molar-refractivity contribution in [2.75, 3.05) is 0 Å². The number of hydrogen-bond acceptors (Lipinski definition) is 3. The first-order valence-electron chi connectivity index (χ1n) is 6.35. The van der Waals surface area contributed by atoms with E-state index in [4.69, 9.17) is 0 Å². The van der Waals surface area contributed by atoms with E-state index in [0.717, 1.165) is 15.1 Å². The number of carbonyl (C=O) groups excluding carboxylic acids is 1. The average molecular weight is 315 g/mol. The predicted molar refractivity (Wildman–Crippen MR) is 87.2 cm³/mol. The first-order chi connectivity index (χ1) is 10.2. The molecule has 0 saturated heterocycles. The van der Waals surface area contributed by atoms with Crippen molar-refractivity contribution in [3.63, 3.8) is 0 Å². The molecular formula is C15H13N3OS2. The average Bonchev–Trinajstić information content (AvgIpc) is 2.83. The Kier molecular flexibility index (Phi) is 4.08. The minimum Gasteiger partial charge on any atom is -0.319 e. The molecule has 1 N–H and O–H groups in total. The molecule has 1 aromatic heterocycles. The smallest absolute Gasteiger partial charge is 0.319 e. The Balaban J connectivity index is 1.80. The number of thiazole rings is 1. The van der Waals surface area contributed by atoms with Gasteiger partial charge in [-0.15, -0.1) is 0 Å². The van der Waals surface area contributed by atoms with Gasteiger partial charge >= 0.3 is 6.03 Å². The Morgan fingerprint density at radius 3 is 2.62 bits per heavy atom. The largest absolute Gasteiger partial charge is 0.353 e. The predicted octanol–water partition coefficient (Wildman–Crippen LogP) is 3.56. The molecule has 3 rings (SSSR count). The Bertz CT molecular complexity index is 837. The quantitative estimate of drug-likeness (QED) is 0.735. The summed E-state index contributed by atoms with van der Waals surface area (Å²) in [4.78, 5) is 17.7. The van der Waals surface area contributed by atoms with Crippen molar-refractivity contribution >= 4 is 39.5 Å². The van der Waals surface area contributed by atoms with Gasteiger partial charge in [0.15, 0.2) is 4.80 Å². The second-order valence-electron chi connectivity index (χ2n) is 4.35. The molecule has 3 aromatic rings. The number of carbonyl (C=O) groups is 1. The number of fused-ring (bicyclic) bond motifs is 1. The van der Waals surface area contributed by atoms with Gasteiger partial charge in [0.2, 0.25) is 0 Å². The van der Waals surface area contributed by atoms with E-state index in [1.54, 1.807) is 0 Å². The summed E-state index contributed by atoms with van der Waals surface area (Å²) < 4.78 is 5.76. The van der Waals surface area contributed by atoms with Crippen LogP contribution in [-0.2, 0) is 7.05 Å². The SMILES string of the molecule is Cn1/c(=N\C(=O)NSc2ccccc2)sc2ccccc21. The molecule has 0 aliphatic rings. The minimum absolute atomic E-state index is 0.356. The summed E-state index contributed by atoms with van der Waals surface area (Å²) in [5, 5.41) is 0. The normalized spacial score (nSPS) is 11.8. The summed E-state index contributed by atoms with van der Waals surface area (Å²) in [6, 6.07) is 17.3. The number of hydrogen-bond donors (Lipinski definition) is 1. The zero-order valence-electron chi connectivity index (χ0n) is 11.3. The first kappa shape index (κ1) is 13.9. The van der Waals surface area contributed by atoms with Crippen LogP contribution in [0.3, 0.4) is 0 Å². The van der Waals surface area contributed by atoms with E-state index >= 15 is 0 Å². The zero-order valence-corrected chi connectivity index (χ0v) is 12.9. The zero-order chi connectivity index (χ0) is 14.7. The lowest BCUT2D eigenvalue weighted by molar-refractivity contribution is 0.253. The van der Waals surface area contributed by atoms with E-state index in [9.17, 15) is 4.79 Å². The Morgan fingerprint density at radius 2 is 1.86 bits per heavy atom. The second-order valence-corrected chi connectivity index (χ2v) is 6.23. The maximum Gasteiger partial charge on any atom is 0.353 e. The third-order valence-corrected chi connectivity index (χ3v) is 4.81. The lowest BCUT2D eigenvalue weighted by Gasteiger charge is -1.99. The fraction of sp³-hybridized carbons (Fsp3) is 0.0667. The summed E-state index contributed by atoms with van der Waals surface area (Å²) in [6.45, 7) is 0. The molecule has 0 atom stereocenters. The maximum absolute atomic E-state index is 11.9. The number of rotatable bonds is 2. The van der Waals surface area contributed by atoms with Crippen LogP contribution in [0.1, 0.15) is 0 Å². The number of nitrogens with zero attached hydrogens (tertiary/aromatic N) is 2. The van der Waals surface area contributed by atoms with Crippen molar-refractivity contribution < 1.29 is 4.79 Å². The van der Waals surface area contributed by atoms with Gasteiger partial charge in [-0.05, 0) is 36.2 Å². The molecule has 0 unspecified atom stereocenters. The van der Waals surface area contributed by atoms with Crippen molar-refractivity contribution in [2.45, 2.75) is 4.90 Å². The van der Waals surface area contributed by atoms with Crippen molar-refractivity contribution in [1.82, 2.24) is 9.29 Å². The van der Waals surface area contributed by atoms with Crippen molar-refractivity contribution in [2.24, 2.45) is 12.0 Å². The highest BCUT2D eigenvalue weighted by atomic mass is 32.2. The van der Waals surface area contributed by atoms with Crippen molar-refractivity contribution in [3.05, 3.63) is 59.4 Å². The lowest BCUT2D eigenvalue weighted by Crippen LogP contribution is -2.18. The van der Waals surface area contributed by atoms with Gasteiger partial charge < -0.3 is 4.57 Å². The van der Waals surface area contributed by atoms with Crippen molar-refractivity contribution in [1.29, 1.82) is 0 Å². The fourth-order valence-electron chi connectivity index (χ4n) is 1.89. The summed E-state index contributed by atoms with van der Waals surface area (Å²) in [7, 11) is 1.91. The Labute approximate surface area is 130 Å². The summed E-state index contributed by atoms with van der Waals surface area (Å²) in [5.41, 5.74) is 1.07. The van der Waals surface area contributed by atoms with Gasteiger partial charge in [-0.3, -0.25) is 4.72 Å². The topological polar surface area (TPSA) is 46.4 Å². The van der Waals surface area contributed by atoms with E-state index in [-0.39, 0.29) is 6.03 Å². The highest BCUT2D eigenvalue weighted by Crippen LogP contribution is 2.15. The third kappa shape index (κ3) is 3.17. The van der Waals surface area contributed by atoms with Gasteiger partial charge in [-0.25, -0.2) is 4.79 Å². The highest BCUT2D eigenvalue weighted by molar-refractivity contribution is 7.98. The summed E-state index contributed by atoms with van der Waals surface area (Å²) in [5.74, 6) is 0. The van der Waals surface area contributed by atoms with Gasteiger partial charge in [0, 0.05) is 11.9 Å². The van der Waals surface area contributed by atoms with Crippen LogP contribution in [0.2, 0.25) is 0 Å². The monoisotopic (exact) mass is 315 g/mol. The van der Waals surface area contributed by atoms with Gasteiger partial charge in [-0.1, -0.05) is 41.7 Å².